The molecule has 3 aromatic rings. The number of carbonyl (C=O) groups excluding carboxylic acids is 1. The van der Waals surface area contributed by atoms with Crippen molar-refractivity contribution in [3.05, 3.63) is 40.5 Å². The largest absolute Gasteiger partial charge is 0.348 e. The van der Waals surface area contributed by atoms with Crippen molar-refractivity contribution in [1.82, 2.24) is 9.38 Å². The standard InChI is InChI=1S/C15H14ClN3O/c1-9-4-5-13-10(6-9)11(16)7-14-12(8-20)17-15(18(2)3)19(13)14/h4-8H,1-3H3. The van der Waals surface area contributed by atoms with Gasteiger partial charge in [0.2, 0.25) is 5.95 Å². The van der Waals surface area contributed by atoms with E-state index in [1.54, 1.807) is 6.07 Å². The highest BCUT2D eigenvalue weighted by Gasteiger charge is 2.16. The number of imidazole rings is 1. The number of hydrogen-bond donors (Lipinski definition) is 0. The van der Waals surface area contributed by atoms with Crippen molar-refractivity contribution < 1.29 is 4.79 Å². The Morgan fingerprint density at radius 2 is 2.00 bits per heavy atom. The van der Waals surface area contributed by atoms with Crippen LogP contribution in [0.2, 0.25) is 5.02 Å². The van der Waals surface area contributed by atoms with Gasteiger partial charge in [0, 0.05) is 19.5 Å². The smallest absolute Gasteiger partial charge is 0.210 e. The maximum atomic E-state index is 11.2. The van der Waals surface area contributed by atoms with Crippen LogP contribution in [0.1, 0.15) is 16.1 Å². The van der Waals surface area contributed by atoms with E-state index in [1.807, 2.05) is 48.5 Å². The first-order valence-electron chi connectivity index (χ1n) is 6.26. The van der Waals surface area contributed by atoms with Gasteiger partial charge in [-0.15, -0.1) is 0 Å². The lowest BCUT2D eigenvalue weighted by Gasteiger charge is -2.13. The van der Waals surface area contributed by atoms with Gasteiger partial charge in [0.15, 0.2) is 6.29 Å². The first-order chi connectivity index (χ1) is 9.52. The lowest BCUT2D eigenvalue weighted by atomic mass is 10.1. The number of aryl methyl sites for hydroxylation is 1. The zero-order valence-electron chi connectivity index (χ0n) is 11.5. The molecule has 0 saturated heterocycles. The second kappa shape index (κ2) is 4.49. The molecule has 0 aliphatic carbocycles. The number of aromatic nitrogens is 2. The lowest BCUT2D eigenvalue weighted by molar-refractivity contribution is 0.112. The molecule has 0 aliphatic rings. The van der Waals surface area contributed by atoms with Gasteiger partial charge in [0.05, 0.1) is 16.1 Å². The third-order valence-corrected chi connectivity index (χ3v) is 3.66. The van der Waals surface area contributed by atoms with Crippen LogP contribution in [0.4, 0.5) is 5.95 Å². The molecule has 5 heteroatoms. The number of halogens is 1. The molecule has 0 spiro atoms. The molecule has 0 atom stereocenters. The summed E-state index contributed by atoms with van der Waals surface area (Å²) < 4.78 is 1.96. The van der Waals surface area contributed by atoms with Crippen molar-refractivity contribution in [1.29, 1.82) is 0 Å². The van der Waals surface area contributed by atoms with E-state index in [0.717, 1.165) is 28.3 Å². The zero-order valence-corrected chi connectivity index (χ0v) is 12.3. The fraction of sp³-hybridized carbons (Fsp3) is 0.200. The Kier molecular flexibility index (Phi) is 2.91. The number of pyridine rings is 1. The van der Waals surface area contributed by atoms with Crippen molar-refractivity contribution in [2.45, 2.75) is 6.92 Å². The summed E-state index contributed by atoms with van der Waals surface area (Å²) >= 11 is 6.36. The summed E-state index contributed by atoms with van der Waals surface area (Å²) in [6, 6.07) is 7.87. The molecule has 2 aromatic heterocycles. The summed E-state index contributed by atoms with van der Waals surface area (Å²) in [7, 11) is 3.80. The molecule has 2 heterocycles. The lowest BCUT2D eigenvalue weighted by Crippen LogP contribution is -2.12. The molecule has 1 aromatic carbocycles. The Balaban J connectivity index is 2.58. The van der Waals surface area contributed by atoms with Crippen LogP contribution in [0, 0.1) is 6.92 Å². The zero-order chi connectivity index (χ0) is 14.4. The molecule has 20 heavy (non-hydrogen) atoms. The Morgan fingerprint density at radius 3 is 2.65 bits per heavy atom. The van der Waals surface area contributed by atoms with Gasteiger partial charge in [-0.25, -0.2) is 4.98 Å². The van der Waals surface area contributed by atoms with Gasteiger partial charge in [0.1, 0.15) is 5.69 Å². The Labute approximate surface area is 121 Å². The van der Waals surface area contributed by atoms with Crippen LogP contribution in [0.3, 0.4) is 0 Å². The van der Waals surface area contributed by atoms with Gasteiger partial charge in [-0.3, -0.25) is 9.20 Å². The molecule has 0 radical (unpaired) electrons. The minimum atomic E-state index is 0.401. The highest BCUT2D eigenvalue weighted by molar-refractivity contribution is 6.36. The summed E-state index contributed by atoms with van der Waals surface area (Å²) in [4.78, 5) is 17.5. The topological polar surface area (TPSA) is 37.6 Å². The van der Waals surface area contributed by atoms with Crippen molar-refractivity contribution in [2.24, 2.45) is 0 Å². The van der Waals surface area contributed by atoms with E-state index in [9.17, 15) is 4.79 Å². The van der Waals surface area contributed by atoms with Gasteiger partial charge in [-0.05, 0) is 25.1 Å². The molecule has 0 N–H and O–H groups in total. The number of benzene rings is 1. The number of carbonyl (C=O) groups is 1. The number of rotatable bonds is 2. The van der Waals surface area contributed by atoms with Gasteiger partial charge in [-0.2, -0.15) is 0 Å². The molecule has 0 fully saturated rings. The maximum Gasteiger partial charge on any atom is 0.210 e. The monoisotopic (exact) mass is 287 g/mol. The molecule has 0 unspecified atom stereocenters. The Morgan fingerprint density at radius 1 is 1.25 bits per heavy atom. The van der Waals surface area contributed by atoms with Crippen molar-refractivity contribution >= 4 is 40.3 Å². The van der Waals surface area contributed by atoms with Crippen LogP contribution in [-0.4, -0.2) is 29.8 Å². The summed E-state index contributed by atoms with van der Waals surface area (Å²) in [5, 5.41) is 1.58. The van der Waals surface area contributed by atoms with Crippen molar-refractivity contribution in [3.8, 4) is 0 Å². The summed E-state index contributed by atoms with van der Waals surface area (Å²) in [5.41, 5.74) is 3.21. The van der Waals surface area contributed by atoms with Crippen molar-refractivity contribution in [2.75, 3.05) is 19.0 Å². The molecular weight excluding hydrogens is 274 g/mol. The minimum absolute atomic E-state index is 0.401. The highest BCUT2D eigenvalue weighted by atomic mass is 35.5. The van der Waals surface area contributed by atoms with Crippen LogP contribution in [0.15, 0.2) is 24.3 Å². The van der Waals surface area contributed by atoms with Crippen LogP contribution >= 0.6 is 11.6 Å². The number of aldehydes is 1. The highest BCUT2D eigenvalue weighted by Crippen LogP contribution is 2.31. The van der Waals surface area contributed by atoms with E-state index < -0.39 is 0 Å². The summed E-state index contributed by atoms with van der Waals surface area (Å²) in [6.07, 6.45) is 0.763. The molecule has 4 nitrogen and oxygen atoms in total. The van der Waals surface area contributed by atoms with E-state index in [-0.39, 0.29) is 0 Å². The van der Waals surface area contributed by atoms with E-state index in [2.05, 4.69) is 4.98 Å². The second-order valence-corrected chi connectivity index (χ2v) is 5.45. The minimum Gasteiger partial charge on any atom is -0.348 e. The number of nitrogens with zero attached hydrogens (tertiary/aromatic N) is 3. The molecule has 3 rings (SSSR count). The number of hydrogen-bond acceptors (Lipinski definition) is 3. The van der Waals surface area contributed by atoms with Crippen LogP contribution in [0.25, 0.3) is 16.4 Å². The molecule has 0 amide bonds. The Bertz CT molecular complexity index is 836. The van der Waals surface area contributed by atoms with E-state index >= 15 is 0 Å². The SMILES string of the molecule is Cc1ccc2c(c1)c(Cl)cc1c(C=O)nc(N(C)C)n12. The second-order valence-electron chi connectivity index (χ2n) is 5.04. The van der Waals surface area contributed by atoms with E-state index in [0.29, 0.717) is 16.7 Å². The summed E-state index contributed by atoms with van der Waals surface area (Å²) in [5.74, 6) is 0.715. The van der Waals surface area contributed by atoms with Crippen LogP contribution < -0.4 is 4.90 Å². The van der Waals surface area contributed by atoms with Gasteiger partial charge in [0.25, 0.3) is 0 Å². The maximum absolute atomic E-state index is 11.2. The van der Waals surface area contributed by atoms with Crippen LogP contribution in [-0.2, 0) is 0 Å². The normalized spacial score (nSPS) is 11.2. The van der Waals surface area contributed by atoms with Crippen molar-refractivity contribution in [3.63, 3.8) is 0 Å². The molecule has 0 bridgehead atoms. The quantitative estimate of drug-likeness (QED) is 0.679. The predicted molar refractivity (Wildman–Crippen MR) is 82.2 cm³/mol. The fourth-order valence-electron chi connectivity index (χ4n) is 2.43. The fourth-order valence-corrected chi connectivity index (χ4v) is 2.69. The predicted octanol–water partition coefficient (Wildman–Crippen LogP) is 3.33. The molecule has 0 saturated carbocycles. The molecule has 102 valence electrons. The van der Waals surface area contributed by atoms with Crippen LogP contribution in [0.5, 0.6) is 0 Å². The van der Waals surface area contributed by atoms with E-state index in [1.165, 1.54) is 0 Å². The first kappa shape index (κ1) is 12.9. The first-order valence-corrected chi connectivity index (χ1v) is 6.64. The average Bonchev–Trinajstić information content (AvgIpc) is 2.78. The molecular formula is C15H14ClN3O. The van der Waals surface area contributed by atoms with Gasteiger partial charge < -0.3 is 4.90 Å². The third-order valence-electron chi connectivity index (χ3n) is 3.35. The Hall–Kier alpha value is -2.07. The van der Waals surface area contributed by atoms with Gasteiger partial charge in [-0.1, -0.05) is 23.2 Å². The average molecular weight is 288 g/mol. The number of anilines is 1. The number of fused-ring (bicyclic) bond motifs is 3. The van der Waals surface area contributed by atoms with E-state index in [4.69, 9.17) is 11.6 Å². The molecule has 0 aliphatic heterocycles. The summed E-state index contributed by atoms with van der Waals surface area (Å²) in [6.45, 7) is 2.03. The van der Waals surface area contributed by atoms with Gasteiger partial charge >= 0.3 is 0 Å². The third kappa shape index (κ3) is 1.76.